The number of benzene rings is 1. The van der Waals surface area contributed by atoms with Gasteiger partial charge in [-0.25, -0.2) is 0 Å². The molecule has 1 heterocycles. The van der Waals surface area contributed by atoms with E-state index in [-0.39, 0.29) is 11.9 Å². The highest BCUT2D eigenvalue weighted by Crippen LogP contribution is 2.33. The predicted molar refractivity (Wildman–Crippen MR) is 79.7 cm³/mol. The minimum atomic E-state index is -0.279. The molecular weight excluding hydrogens is 272 g/mol. The van der Waals surface area contributed by atoms with Gasteiger partial charge in [-0.1, -0.05) is 6.07 Å². The van der Waals surface area contributed by atoms with E-state index in [9.17, 15) is 4.79 Å². The summed E-state index contributed by atoms with van der Waals surface area (Å²) in [6.45, 7) is 2.39. The average Bonchev–Trinajstić information content (AvgIpc) is 2.80. The summed E-state index contributed by atoms with van der Waals surface area (Å²) in [5, 5.41) is 5.82. The largest absolute Gasteiger partial charge is 0.491 e. The molecule has 0 saturated heterocycles. The Hall–Kier alpha value is -1.63. The number of likely N-dealkylation sites (N-methyl/N-ethyl adjacent to an activating group) is 1. The maximum atomic E-state index is 11.7. The molecule has 116 valence electrons. The Morgan fingerprint density at radius 3 is 2.86 bits per heavy atom. The van der Waals surface area contributed by atoms with Crippen LogP contribution in [0.15, 0.2) is 18.2 Å². The minimum absolute atomic E-state index is 0.0360. The van der Waals surface area contributed by atoms with E-state index < -0.39 is 0 Å². The molecule has 1 aromatic rings. The number of carbonyl (C=O) groups excluding carboxylic acids is 1. The molecule has 0 fully saturated rings. The van der Waals surface area contributed by atoms with Crippen molar-refractivity contribution in [2.75, 3.05) is 45.9 Å². The molecule has 2 N–H and O–H groups in total. The van der Waals surface area contributed by atoms with Crippen molar-refractivity contribution in [3.05, 3.63) is 23.8 Å². The minimum Gasteiger partial charge on any atom is -0.491 e. The predicted octanol–water partition coefficient (Wildman–Crippen LogP) is 1.33. The third-order valence-corrected chi connectivity index (χ3v) is 3.28. The van der Waals surface area contributed by atoms with Gasteiger partial charge in [0.1, 0.15) is 18.4 Å². The highest BCUT2D eigenvalue weighted by atomic mass is 16.5. The van der Waals surface area contributed by atoms with Gasteiger partial charge in [-0.3, -0.25) is 4.79 Å². The van der Waals surface area contributed by atoms with Crippen LogP contribution in [0.3, 0.4) is 0 Å². The molecule has 1 atom stereocenters. The number of fused-ring (bicyclic) bond motifs is 1. The number of carbonyl (C=O) groups is 1. The third-order valence-electron chi connectivity index (χ3n) is 3.28. The van der Waals surface area contributed by atoms with Gasteiger partial charge in [0.15, 0.2) is 0 Å². The summed E-state index contributed by atoms with van der Waals surface area (Å²) in [5.74, 6) is 0.692. The summed E-state index contributed by atoms with van der Waals surface area (Å²) in [6, 6.07) is 5.34. The van der Waals surface area contributed by atoms with Gasteiger partial charge in [0.05, 0.1) is 6.61 Å². The van der Waals surface area contributed by atoms with E-state index in [2.05, 4.69) is 10.6 Å². The van der Waals surface area contributed by atoms with E-state index in [1.807, 2.05) is 18.2 Å². The number of rotatable bonds is 9. The second-order valence-corrected chi connectivity index (χ2v) is 4.77. The first-order valence-corrected chi connectivity index (χ1v) is 7.08. The molecule has 0 radical (unpaired) electrons. The third kappa shape index (κ3) is 4.17. The van der Waals surface area contributed by atoms with Crippen molar-refractivity contribution < 1.29 is 19.0 Å². The average molecular weight is 294 g/mol. The van der Waals surface area contributed by atoms with Crippen LogP contribution in [0.4, 0.5) is 5.69 Å². The fourth-order valence-corrected chi connectivity index (χ4v) is 2.24. The first-order chi connectivity index (χ1) is 10.3. The standard InChI is InChI=1S/C15H22N2O4/c1-16-14-12-5-4-11(10-13(12)17-15(14)18)21-9-8-20-7-3-6-19-2/h4-5,10,14,16H,3,6-9H2,1-2H3,(H,17,18). The van der Waals surface area contributed by atoms with Gasteiger partial charge < -0.3 is 24.8 Å². The summed E-state index contributed by atoms with van der Waals surface area (Å²) in [5.41, 5.74) is 1.75. The van der Waals surface area contributed by atoms with E-state index in [1.54, 1.807) is 14.2 Å². The first kappa shape index (κ1) is 15.8. The number of hydrogen-bond acceptors (Lipinski definition) is 5. The van der Waals surface area contributed by atoms with Gasteiger partial charge >= 0.3 is 0 Å². The van der Waals surface area contributed by atoms with E-state index >= 15 is 0 Å². The van der Waals surface area contributed by atoms with Crippen LogP contribution in [0.2, 0.25) is 0 Å². The van der Waals surface area contributed by atoms with E-state index in [1.165, 1.54) is 0 Å². The molecule has 0 aliphatic carbocycles. The summed E-state index contributed by atoms with van der Waals surface area (Å²) in [6.07, 6.45) is 0.882. The lowest BCUT2D eigenvalue weighted by Gasteiger charge is -2.09. The van der Waals surface area contributed by atoms with Gasteiger partial charge in [-0.15, -0.1) is 0 Å². The number of methoxy groups -OCH3 is 1. The van der Waals surface area contributed by atoms with Gasteiger partial charge in [0.25, 0.3) is 0 Å². The Labute approximate surface area is 124 Å². The van der Waals surface area contributed by atoms with E-state index in [0.29, 0.717) is 26.4 Å². The van der Waals surface area contributed by atoms with Crippen molar-refractivity contribution in [2.24, 2.45) is 0 Å². The fourth-order valence-electron chi connectivity index (χ4n) is 2.24. The Bertz CT molecular complexity index is 479. The molecule has 1 amide bonds. The van der Waals surface area contributed by atoms with Crippen molar-refractivity contribution in [3.8, 4) is 5.75 Å². The molecule has 0 bridgehead atoms. The van der Waals surface area contributed by atoms with Crippen molar-refractivity contribution in [3.63, 3.8) is 0 Å². The molecule has 1 aliphatic rings. The normalized spacial score (nSPS) is 16.7. The number of ether oxygens (including phenoxy) is 3. The smallest absolute Gasteiger partial charge is 0.246 e. The molecule has 6 heteroatoms. The molecule has 0 aromatic heterocycles. The van der Waals surface area contributed by atoms with Crippen LogP contribution in [0, 0.1) is 0 Å². The van der Waals surface area contributed by atoms with Gasteiger partial charge in [-0.05, 0) is 19.5 Å². The van der Waals surface area contributed by atoms with Crippen LogP contribution in [0.1, 0.15) is 18.0 Å². The Morgan fingerprint density at radius 1 is 1.24 bits per heavy atom. The fraction of sp³-hybridized carbons (Fsp3) is 0.533. The summed E-state index contributed by atoms with van der Waals surface area (Å²) >= 11 is 0. The van der Waals surface area contributed by atoms with Gasteiger partial charge in [-0.2, -0.15) is 0 Å². The lowest BCUT2D eigenvalue weighted by atomic mass is 10.1. The van der Waals surface area contributed by atoms with Crippen LogP contribution in [-0.2, 0) is 14.3 Å². The Balaban J connectivity index is 1.76. The summed E-state index contributed by atoms with van der Waals surface area (Å²) in [7, 11) is 3.44. The monoisotopic (exact) mass is 294 g/mol. The molecule has 0 spiro atoms. The molecule has 1 unspecified atom stereocenters. The van der Waals surface area contributed by atoms with Crippen LogP contribution in [0.5, 0.6) is 5.75 Å². The van der Waals surface area contributed by atoms with Gasteiger partial charge in [0, 0.05) is 37.6 Å². The molecular formula is C15H22N2O4. The number of anilines is 1. The van der Waals surface area contributed by atoms with Crippen LogP contribution in [0.25, 0.3) is 0 Å². The molecule has 0 saturated carbocycles. The second kappa shape index (κ2) is 7.97. The molecule has 21 heavy (non-hydrogen) atoms. The summed E-state index contributed by atoms with van der Waals surface area (Å²) in [4.78, 5) is 11.7. The molecule has 2 rings (SSSR count). The number of nitrogens with one attached hydrogen (secondary N) is 2. The highest BCUT2D eigenvalue weighted by Gasteiger charge is 2.29. The molecule has 1 aliphatic heterocycles. The number of amides is 1. The maximum Gasteiger partial charge on any atom is 0.246 e. The first-order valence-electron chi connectivity index (χ1n) is 7.08. The lowest BCUT2D eigenvalue weighted by molar-refractivity contribution is -0.117. The van der Waals surface area contributed by atoms with Crippen molar-refractivity contribution in [1.29, 1.82) is 0 Å². The van der Waals surface area contributed by atoms with Crippen LogP contribution >= 0.6 is 0 Å². The maximum absolute atomic E-state index is 11.7. The lowest BCUT2D eigenvalue weighted by Crippen LogP contribution is -2.23. The topological polar surface area (TPSA) is 68.8 Å². The summed E-state index contributed by atoms with van der Waals surface area (Å²) < 4.78 is 16.0. The zero-order valence-corrected chi connectivity index (χ0v) is 12.5. The zero-order valence-electron chi connectivity index (χ0n) is 12.5. The second-order valence-electron chi connectivity index (χ2n) is 4.77. The molecule has 6 nitrogen and oxygen atoms in total. The van der Waals surface area contributed by atoms with Crippen LogP contribution < -0.4 is 15.4 Å². The van der Waals surface area contributed by atoms with E-state index in [4.69, 9.17) is 14.2 Å². The Morgan fingerprint density at radius 2 is 2.10 bits per heavy atom. The quantitative estimate of drug-likeness (QED) is 0.673. The van der Waals surface area contributed by atoms with E-state index in [0.717, 1.165) is 23.4 Å². The van der Waals surface area contributed by atoms with Crippen molar-refractivity contribution in [1.82, 2.24) is 5.32 Å². The highest BCUT2D eigenvalue weighted by molar-refractivity contribution is 6.02. The van der Waals surface area contributed by atoms with Crippen molar-refractivity contribution >= 4 is 11.6 Å². The Kier molecular flexibility index (Phi) is 5.98. The number of hydrogen-bond donors (Lipinski definition) is 2. The van der Waals surface area contributed by atoms with Gasteiger partial charge in [0.2, 0.25) is 5.91 Å². The molecule has 1 aromatic carbocycles. The van der Waals surface area contributed by atoms with Crippen LogP contribution in [-0.4, -0.2) is 46.5 Å². The van der Waals surface area contributed by atoms with Crippen molar-refractivity contribution in [2.45, 2.75) is 12.5 Å². The zero-order chi connectivity index (χ0) is 15.1. The SMILES string of the molecule is CNC1C(=O)Nc2cc(OCCOCCCOC)ccc21.